The van der Waals surface area contributed by atoms with Crippen LogP contribution in [-0.4, -0.2) is 456 Å². The fourth-order valence-electron chi connectivity index (χ4n) is 16.5. The van der Waals surface area contributed by atoms with Gasteiger partial charge in [0.2, 0.25) is 43.7 Å². The number of carboxylic acids is 2. The number of aliphatic hydroxyl groups is 19. The number of amides is 6. The van der Waals surface area contributed by atoms with Crippen LogP contribution in [0.1, 0.15) is 34.6 Å². The van der Waals surface area contributed by atoms with E-state index in [0.29, 0.717) is 0 Å². The van der Waals surface area contributed by atoms with E-state index in [9.17, 15) is 162 Å². The first-order chi connectivity index (χ1) is 66.8. The summed E-state index contributed by atoms with van der Waals surface area (Å²) in [5.74, 6) is -8.98. The number of sulfonamides is 2. The molecule has 4 aromatic carbocycles. The van der Waals surface area contributed by atoms with E-state index in [1.54, 1.807) is 48.5 Å². The Bertz CT molecular complexity index is 5200. The van der Waals surface area contributed by atoms with Crippen molar-refractivity contribution in [1.29, 1.82) is 0 Å². The lowest BCUT2D eigenvalue weighted by atomic mass is 9.92. The van der Waals surface area contributed by atoms with Crippen molar-refractivity contribution in [3.05, 3.63) is 97.1 Å². The molecule has 29 N–H and O–H groups in total. The Morgan fingerprint density at radius 3 is 1.00 bits per heavy atom. The highest BCUT2D eigenvalue weighted by molar-refractivity contribution is 7.92. The fraction of sp³-hybridized carbons (Fsp3) is 0.614. The standard InChI is InChI=1S/C42H58N4O24S.C41H56N4O25S/c1-15-24(43-16(2)49)33(26(51)22(13-47)63-15)66-42-32(57)30(55)35(37(70-42)39(59)60)68-40-25(44-17(3)50)34(27(52)23(14-48)65-40)67-41-31(56)28(53)29(54)36(69-41)38(58)45-18-10-11-20(46-71(4,61)62)21(12-18)64-19-8-6-5-7-9-19;1-14(48)42-22-31(24(50)20(12-46)64-38(22)60)66-41-30(56)28(54)33(35(70-41)36(57)44-16-9-10-18(45-71(3,61)62)19(11-16)63-17-7-5-4-6-8-17)68-39-23(43-15(2)49)32(25(51)21(13-47)65-39)67-40-29(55)26(52)27(53)34(69-40)37(58)59/h5-12,15,22-37,40-42,46-48,51-57H,13-14H2,1-4H3,(H,43,49)(H,44,50)(H,45,58)(H,59,60);4-11,20-35,38-41,45-47,50-56,60H,12-13H2,1-3H3,(H,42,48)(H,43,49)(H,44,57)(H,58,59). The largest absolute Gasteiger partial charge is 0.479 e. The molecule has 0 saturated carbocycles. The van der Waals surface area contributed by atoms with E-state index in [0.717, 1.165) is 40.2 Å². The number of ether oxygens (including phenoxy) is 16. The van der Waals surface area contributed by atoms with Crippen LogP contribution in [-0.2, 0) is 125 Å². The first-order valence-corrected chi connectivity index (χ1v) is 47.3. The normalized spacial score (nSPS) is 37.5. The molecule has 0 bridgehead atoms. The molecule has 0 spiro atoms. The second-order valence-electron chi connectivity index (χ2n) is 34.0. The summed E-state index contributed by atoms with van der Waals surface area (Å²) in [5.41, 5.74) is -0.311. The minimum atomic E-state index is -3.91. The molecule has 142 heavy (non-hydrogen) atoms. The number of benzene rings is 4. The summed E-state index contributed by atoms with van der Waals surface area (Å²) < 4.78 is 145. The van der Waals surface area contributed by atoms with Crippen LogP contribution in [0.25, 0.3) is 0 Å². The fourth-order valence-corrected chi connectivity index (χ4v) is 17.6. The van der Waals surface area contributed by atoms with Gasteiger partial charge in [0.05, 0.1) is 62.5 Å². The quantitative estimate of drug-likeness (QED) is 0.0206. The smallest absolute Gasteiger partial charge is 0.335 e. The lowest BCUT2D eigenvalue weighted by Gasteiger charge is -2.50. The predicted molar refractivity (Wildman–Crippen MR) is 465 cm³/mol. The number of para-hydroxylation sites is 2. The maximum Gasteiger partial charge on any atom is 0.335 e. The van der Waals surface area contributed by atoms with Crippen molar-refractivity contribution in [2.24, 2.45) is 0 Å². The molecule has 8 aliphatic heterocycles. The number of carbonyl (C=O) groups excluding carboxylic acids is 6. The van der Waals surface area contributed by atoms with Gasteiger partial charge in [-0.3, -0.25) is 38.2 Å². The zero-order chi connectivity index (χ0) is 104. The van der Waals surface area contributed by atoms with Gasteiger partial charge >= 0.3 is 11.9 Å². The van der Waals surface area contributed by atoms with Gasteiger partial charge in [-0.2, -0.15) is 0 Å². The molecule has 0 radical (unpaired) electrons. The third-order valence-electron chi connectivity index (χ3n) is 23.2. The molecule has 0 aromatic heterocycles. The van der Waals surface area contributed by atoms with Gasteiger partial charge in [0.15, 0.2) is 79.9 Å². The van der Waals surface area contributed by atoms with Gasteiger partial charge < -0.3 is 215 Å². The summed E-state index contributed by atoms with van der Waals surface area (Å²) in [4.78, 5) is 103. The minimum absolute atomic E-state index is 0.0302. The molecule has 4 aromatic rings. The second kappa shape index (κ2) is 48.6. The molecule has 40 atom stereocenters. The van der Waals surface area contributed by atoms with E-state index in [4.69, 9.17) is 75.8 Å². The maximum absolute atomic E-state index is 14.6. The minimum Gasteiger partial charge on any atom is -0.479 e. The summed E-state index contributed by atoms with van der Waals surface area (Å²) in [5, 5.41) is 241. The third kappa shape index (κ3) is 27.4. The van der Waals surface area contributed by atoms with Crippen molar-refractivity contribution in [1.82, 2.24) is 21.3 Å². The zero-order valence-electron chi connectivity index (χ0n) is 75.8. The average Bonchev–Trinajstić information content (AvgIpc) is 0.756. The Hall–Kier alpha value is -9.58. The van der Waals surface area contributed by atoms with Gasteiger partial charge in [-0.05, 0) is 55.5 Å². The monoisotopic (exact) mass is 2070 g/mol. The molecule has 12 rings (SSSR count). The lowest BCUT2D eigenvalue weighted by molar-refractivity contribution is -0.367. The molecule has 40 unspecified atom stereocenters. The first kappa shape index (κ1) is 113. The number of rotatable bonds is 34. The van der Waals surface area contributed by atoms with E-state index < -0.39 is 339 Å². The molecule has 0 aliphatic carbocycles. The van der Waals surface area contributed by atoms with Crippen molar-refractivity contribution in [3.8, 4) is 23.0 Å². The third-order valence-corrected chi connectivity index (χ3v) is 24.4. The Balaban J connectivity index is 0.000000271. The van der Waals surface area contributed by atoms with Gasteiger partial charge in [0, 0.05) is 51.2 Å². The number of nitrogens with one attached hydrogen (secondary N) is 8. The summed E-state index contributed by atoms with van der Waals surface area (Å²) in [6, 6.07) is 17.0. The van der Waals surface area contributed by atoms with Crippen LogP contribution >= 0.6 is 0 Å². The molecule has 792 valence electrons. The average molecular weight is 2070 g/mol. The Labute approximate surface area is 805 Å². The van der Waals surface area contributed by atoms with Crippen molar-refractivity contribution in [2.75, 3.05) is 59.0 Å². The first-order valence-electron chi connectivity index (χ1n) is 43.5. The Morgan fingerprint density at radius 2 is 0.627 bits per heavy atom. The molecule has 8 heterocycles. The van der Waals surface area contributed by atoms with Crippen LogP contribution in [0.2, 0.25) is 0 Å². The van der Waals surface area contributed by atoms with E-state index in [1.807, 2.05) is 0 Å². The highest BCUT2D eigenvalue weighted by Gasteiger charge is 2.62. The lowest BCUT2D eigenvalue weighted by Crippen LogP contribution is -2.71. The molecule has 59 heteroatoms. The molecule has 8 fully saturated rings. The maximum atomic E-state index is 14.6. The van der Waals surface area contributed by atoms with E-state index >= 15 is 0 Å². The number of carbonyl (C=O) groups is 8. The summed E-state index contributed by atoms with van der Waals surface area (Å²) >= 11 is 0. The molecule has 8 aliphatic rings. The molecule has 57 nitrogen and oxygen atoms in total. The number of anilines is 4. The van der Waals surface area contributed by atoms with Gasteiger partial charge in [-0.25, -0.2) is 26.4 Å². The zero-order valence-corrected chi connectivity index (χ0v) is 77.4. The Morgan fingerprint density at radius 1 is 0.324 bits per heavy atom. The molecule has 8 saturated heterocycles. The summed E-state index contributed by atoms with van der Waals surface area (Å²) in [7, 11) is -7.73. The van der Waals surface area contributed by atoms with Crippen LogP contribution in [0.5, 0.6) is 23.0 Å². The van der Waals surface area contributed by atoms with Gasteiger partial charge in [0.1, 0.15) is 176 Å². The van der Waals surface area contributed by atoms with Crippen LogP contribution in [0, 0.1) is 0 Å². The van der Waals surface area contributed by atoms with Crippen LogP contribution in [0.3, 0.4) is 0 Å². The van der Waals surface area contributed by atoms with Crippen LogP contribution in [0.15, 0.2) is 97.1 Å². The van der Waals surface area contributed by atoms with Crippen LogP contribution in [0.4, 0.5) is 22.7 Å². The van der Waals surface area contributed by atoms with E-state index in [1.165, 1.54) is 55.5 Å². The van der Waals surface area contributed by atoms with Crippen LogP contribution < -0.4 is 50.8 Å². The van der Waals surface area contributed by atoms with E-state index in [-0.39, 0.29) is 45.7 Å². The Kier molecular flexibility index (Phi) is 38.6. The number of hydrogen-bond acceptors (Lipinski definition) is 47. The summed E-state index contributed by atoms with van der Waals surface area (Å²) in [6.07, 6.45) is -70.8. The van der Waals surface area contributed by atoms with Crippen molar-refractivity contribution < 1.29 is 238 Å². The molecule has 6 amide bonds. The number of carboxylic acid groups (broad SMARTS) is 2. The van der Waals surface area contributed by atoms with Crippen molar-refractivity contribution >= 4 is 90.2 Å². The van der Waals surface area contributed by atoms with Gasteiger partial charge in [0.25, 0.3) is 11.8 Å². The highest BCUT2D eigenvalue weighted by atomic mass is 32.2. The number of aliphatic carboxylic acids is 2. The van der Waals surface area contributed by atoms with Crippen molar-refractivity contribution in [3.63, 3.8) is 0 Å². The highest BCUT2D eigenvalue weighted by Crippen LogP contribution is 2.42. The predicted octanol–water partition coefficient (Wildman–Crippen LogP) is -12.0. The SMILES string of the molecule is CC(=O)NC1C(C)OC(CO)C(O)C1OC1OC(C(=O)O)C(OC2OC(CO)C(O)C(OC3OC(C(=O)Nc4ccc(NS(C)(=O)=O)c(Oc5ccccc5)c4)C(O)C(O)C3O)C2NC(C)=O)C(O)C1O.CC(=O)NC1C(O)OC(CO)C(O)C1OC1OC(C(=O)Nc2ccc(NS(C)(=O)=O)c(Oc3ccccc3)c2)C(OC2OC(CO)C(O)C(OC3OC(C(=O)O)C(O)C(O)C3O)C2NC(C)=O)C(O)C1O. The molecular weight excluding hydrogens is 1960 g/mol. The van der Waals surface area contributed by atoms with Gasteiger partial charge in [-0.1, -0.05) is 36.4 Å². The molecular formula is C83H114N8O49S2. The van der Waals surface area contributed by atoms with E-state index in [2.05, 4.69) is 41.3 Å². The second-order valence-corrected chi connectivity index (χ2v) is 37.5. The van der Waals surface area contributed by atoms with Gasteiger partial charge in [-0.15, -0.1) is 0 Å². The van der Waals surface area contributed by atoms with Crippen molar-refractivity contribution in [2.45, 2.75) is 280 Å². The summed E-state index contributed by atoms with van der Waals surface area (Å²) in [6.45, 7) is 1.87. The number of hydrogen-bond donors (Lipinski definition) is 29. The topological polar surface area (TPSA) is 874 Å². The number of aliphatic hydroxyl groups excluding tert-OH is 19.